The molecule has 0 radical (unpaired) electrons. The van der Waals surface area contributed by atoms with Gasteiger partial charge in [0.05, 0.1) is 11.1 Å². The smallest absolute Gasteiger partial charge is 0.239 e. The Bertz CT molecular complexity index is 549. The standard InChI is InChI=1S/C14H16N2O2/c1-14(2)8-12(17)16(13(14)18)10-3-4-11-9(7-10)5-6-15-11/h3-4,7,15H,5-6,8H2,1-2H3. The van der Waals surface area contributed by atoms with Gasteiger partial charge in [-0.05, 0) is 30.2 Å². The topological polar surface area (TPSA) is 49.4 Å². The monoisotopic (exact) mass is 244 g/mol. The van der Waals surface area contributed by atoms with Crippen molar-refractivity contribution in [3.8, 4) is 0 Å². The molecule has 2 aliphatic heterocycles. The fraction of sp³-hybridized carbons (Fsp3) is 0.429. The van der Waals surface area contributed by atoms with Crippen LogP contribution in [0.2, 0.25) is 0 Å². The van der Waals surface area contributed by atoms with Crippen molar-refractivity contribution in [2.45, 2.75) is 26.7 Å². The van der Waals surface area contributed by atoms with Gasteiger partial charge in [0.2, 0.25) is 11.8 Å². The molecule has 1 aromatic rings. The number of carbonyl (C=O) groups excluding carboxylic acids is 2. The van der Waals surface area contributed by atoms with Crippen LogP contribution in [0.5, 0.6) is 0 Å². The Morgan fingerprint density at radius 3 is 2.72 bits per heavy atom. The minimum absolute atomic E-state index is 0.0987. The predicted octanol–water partition coefficient (Wildman–Crippen LogP) is 1.94. The molecule has 0 spiro atoms. The maximum absolute atomic E-state index is 12.2. The second-order valence-electron chi connectivity index (χ2n) is 5.61. The maximum Gasteiger partial charge on any atom is 0.239 e. The van der Waals surface area contributed by atoms with Gasteiger partial charge in [-0.1, -0.05) is 13.8 Å². The van der Waals surface area contributed by atoms with Crippen LogP contribution in [-0.2, 0) is 16.0 Å². The average molecular weight is 244 g/mol. The molecule has 0 bridgehead atoms. The number of nitrogens with zero attached hydrogens (tertiary/aromatic N) is 1. The van der Waals surface area contributed by atoms with E-state index < -0.39 is 5.41 Å². The van der Waals surface area contributed by atoms with Gasteiger partial charge >= 0.3 is 0 Å². The summed E-state index contributed by atoms with van der Waals surface area (Å²) in [5.74, 6) is -0.200. The number of carbonyl (C=O) groups is 2. The van der Waals surface area contributed by atoms with E-state index in [-0.39, 0.29) is 11.8 Å². The molecule has 0 aliphatic carbocycles. The summed E-state index contributed by atoms with van der Waals surface area (Å²) in [7, 11) is 0. The highest BCUT2D eigenvalue weighted by atomic mass is 16.2. The van der Waals surface area contributed by atoms with E-state index >= 15 is 0 Å². The van der Waals surface area contributed by atoms with Crippen LogP contribution in [0.1, 0.15) is 25.8 Å². The highest BCUT2D eigenvalue weighted by molar-refractivity contribution is 6.22. The van der Waals surface area contributed by atoms with Crippen molar-refractivity contribution in [3.63, 3.8) is 0 Å². The zero-order chi connectivity index (χ0) is 12.9. The molecule has 1 saturated heterocycles. The number of fused-ring (bicyclic) bond motifs is 1. The first-order chi connectivity index (χ1) is 8.49. The van der Waals surface area contributed by atoms with Gasteiger partial charge in [0, 0.05) is 18.7 Å². The van der Waals surface area contributed by atoms with E-state index in [0.717, 1.165) is 18.7 Å². The van der Waals surface area contributed by atoms with Crippen molar-refractivity contribution < 1.29 is 9.59 Å². The lowest BCUT2D eigenvalue weighted by atomic mass is 9.92. The first-order valence-corrected chi connectivity index (χ1v) is 6.23. The first kappa shape index (κ1) is 11.3. The summed E-state index contributed by atoms with van der Waals surface area (Å²) in [4.78, 5) is 25.5. The van der Waals surface area contributed by atoms with Crippen LogP contribution in [0.15, 0.2) is 18.2 Å². The summed E-state index contributed by atoms with van der Waals surface area (Å²) in [6.45, 7) is 4.57. The van der Waals surface area contributed by atoms with E-state index in [1.54, 1.807) is 0 Å². The van der Waals surface area contributed by atoms with Crippen LogP contribution >= 0.6 is 0 Å². The summed E-state index contributed by atoms with van der Waals surface area (Å²) in [6.07, 6.45) is 1.24. The molecular formula is C14H16N2O2. The maximum atomic E-state index is 12.2. The second-order valence-corrected chi connectivity index (χ2v) is 5.61. The molecule has 1 aromatic carbocycles. The zero-order valence-corrected chi connectivity index (χ0v) is 10.6. The van der Waals surface area contributed by atoms with E-state index in [0.29, 0.717) is 12.1 Å². The molecule has 0 unspecified atom stereocenters. The molecule has 1 N–H and O–H groups in total. The highest BCUT2D eigenvalue weighted by Gasteiger charge is 2.45. The Balaban J connectivity index is 2.01. The Kier molecular flexibility index (Phi) is 2.24. The Labute approximate surface area is 106 Å². The number of anilines is 2. The minimum atomic E-state index is -0.575. The van der Waals surface area contributed by atoms with Gasteiger partial charge in [0.25, 0.3) is 0 Å². The molecule has 1 fully saturated rings. The third-order valence-electron chi connectivity index (χ3n) is 3.68. The number of hydrogen-bond acceptors (Lipinski definition) is 3. The number of imide groups is 1. The van der Waals surface area contributed by atoms with E-state index in [1.807, 2.05) is 32.0 Å². The largest absolute Gasteiger partial charge is 0.384 e. The molecule has 0 atom stereocenters. The van der Waals surface area contributed by atoms with Crippen LogP contribution < -0.4 is 10.2 Å². The summed E-state index contributed by atoms with van der Waals surface area (Å²) in [5, 5.41) is 3.27. The SMILES string of the molecule is CC1(C)CC(=O)N(c2ccc3c(c2)CCN3)C1=O. The lowest BCUT2D eigenvalue weighted by Gasteiger charge is -2.18. The molecule has 94 valence electrons. The van der Waals surface area contributed by atoms with Gasteiger partial charge in [-0.2, -0.15) is 0 Å². The summed E-state index contributed by atoms with van der Waals surface area (Å²) < 4.78 is 0. The lowest BCUT2D eigenvalue weighted by molar-refractivity contribution is -0.124. The molecule has 0 aromatic heterocycles. The van der Waals surface area contributed by atoms with Gasteiger partial charge < -0.3 is 5.32 Å². The molecular weight excluding hydrogens is 228 g/mol. The van der Waals surface area contributed by atoms with Crippen molar-refractivity contribution in [2.75, 3.05) is 16.8 Å². The Hall–Kier alpha value is -1.84. The quantitative estimate of drug-likeness (QED) is 0.768. The van der Waals surface area contributed by atoms with Gasteiger partial charge in [-0.15, -0.1) is 0 Å². The highest BCUT2D eigenvalue weighted by Crippen LogP contribution is 2.36. The second kappa shape index (κ2) is 3.57. The fourth-order valence-corrected chi connectivity index (χ4v) is 2.64. The van der Waals surface area contributed by atoms with Crippen LogP contribution in [0.4, 0.5) is 11.4 Å². The van der Waals surface area contributed by atoms with Crippen molar-refractivity contribution in [2.24, 2.45) is 5.41 Å². The normalized spacial score (nSPS) is 21.1. The molecule has 2 aliphatic rings. The number of nitrogens with one attached hydrogen (secondary N) is 1. The lowest BCUT2D eigenvalue weighted by Crippen LogP contribution is -2.32. The first-order valence-electron chi connectivity index (χ1n) is 6.23. The number of rotatable bonds is 1. The number of hydrogen-bond donors (Lipinski definition) is 1. The minimum Gasteiger partial charge on any atom is -0.384 e. The van der Waals surface area contributed by atoms with Crippen LogP contribution in [0.25, 0.3) is 0 Å². The fourth-order valence-electron chi connectivity index (χ4n) is 2.64. The van der Waals surface area contributed by atoms with Crippen molar-refractivity contribution in [3.05, 3.63) is 23.8 Å². The molecule has 2 heterocycles. The summed E-state index contributed by atoms with van der Waals surface area (Å²) in [5.41, 5.74) is 2.42. The van der Waals surface area contributed by atoms with E-state index in [9.17, 15) is 9.59 Å². The van der Waals surface area contributed by atoms with Crippen LogP contribution in [0.3, 0.4) is 0 Å². The molecule has 2 amide bonds. The third-order valence-corrected chi connectivity index (χ3v) is 3.68. The van der Waals surface area contributed by atoms with Crippen molar-refractivity contribution in [1.29, 1.82) is 0 Å². The van der Waals surface area contributed by atoms with Crippen LogP contribution in [0, 0.1) is 5.41 Å². The third kappa shape index (κ3) is 1.52. The zero-order valence-electron chi connectivity index (χ0n) is 10.6. The number of benzene rings is 1. The van der Waals surface area contributed by atoms with Gasteiger partial charge in [-0.25, -0.2) is 0 Å². The van der Waals surface area contributed by atoms with Gasteiger partial charge in [0.1, 0.15) is 0 Å². The average Bonchev–Trinajstić information content (AvgIpc) is 2.82. The Morgan fingerprint density at radius 1 is 1.28 bits per heavy atom. The van der Waals surface area contributed by atoms with Crippen molar-refractivity contribution >= 4 is 23.2 Å². The predicted molar refractivity (Wildman–Crippen MR) is 69.5 cm³/mol. The summed E-state index contributed by atoms with van der Waals surface area (Å²) in [6, 6.07) is 5.74. The van der Waals surface area contributed by atoms with Gasteiger partial charge in [-0.3, -0.25) is 14.5 Å². The van der Waals surface area contributed by atoms with Crippen molar-refractivity contribution in [1.82, 2.24) is 0 Å². The Morgan fingerprint density at radius 2 is 2.06 bits per heavy atom. The molecule has 4 heteroatoms. The molecule has 3 rings (SSSR count). The van der Waals surface area contributed by atoms with E-state index in [4.69, 9.17) is 0 Å². The molecule has 4 nitrogen and oxygen atoms in total. The number of amides is 2. The van der Waals surface area contributed by atoms with Crippen LogP contribution in [-0.4, -0.2) is 18.4 Å². The molecule has 18 heavy (non-hydrogen) atoms. The molecule has 0 saturated carbocycles. The summed E-state index contributed by atoms with van der Waals surface area (Å²) >= 11 is 0. The van der Waals surface area contributed by atoms with Gasteiger partial charge in [0.15, 0.2) is 0 Å². The van der Waals surface area contributed by atoms with E-state index in [1.165, 1.54) is 10.5 Å². The van der Waals surface area contributed by atoms with E-state index in [2.05, 4.69) is 5.32 Å².